The second-order valence-electron chi connectivity index (χ2n) is 5.88. The smallest absolute Gasteiger partial charge is 0.303 e. The molecule has 4 heteroatoms. The number of aryl methyl sites for hydroxylation is 1. The molecule has 4 nitrogen and oxygen atoms in total. The molecule has 0 saturated heterocycles. The fourth-order valence-electron chi connectivity index (χ4n) is 2.01. The molecule has 0 aliphatic rings. The van der Waals surface area contributed by atoms with Gasteiger partial charge in [-0.2, -0.15) is 5.26 Å². The van der Waals surface area contributed by atoms with Crippen LogP contribution in [0.1, 0.15) is 44.2 Å². The maximum absolute atomic E-state index is 10.6. The molecule has 0 atom stereocenters. The lowest BCUT2D eigenvalue weighted by molar-refractivity contribution is -0.137. The number of carboxylic acids is 1. The summed E-state index contributed by atoms with van der Waals surface area (Å²) in [5.41, 5.74) is 2.66. The molecule has 0 aliphatic heterocycles. The SMILES string of the molecule is Cc1cc(NCCC(C)(C)CCC(=O)O)ccc1C#N. The normalized spacial score (nSPS) is 10.9. The van der Waals surface area contributed by atoms with Crippen LogP contribution in [-0.4, -0.2) is 17.6 Å². The summed E-state index contributed by atoms with van der Waals surface area (Å²) in [4.78, 5) is 10.6. The maximum atomic E-state index is 10.6. The van der Waals surface area contributed by atoms with E-state index in [1.807, 2.05) is 25.1 Å². The highest BCUT2D eigenvalue weighted by atomic mass is 16.4. The van der Waals surface area contributed by atoms with Crippen molar-refractivity contribution in [1.29, 1.82) is 5.26 Å². The highest BCUT2D eigenvalue weighted by molar-refractivity contribution is 5.66. The summed E-state index contributed by atoms with van der Waals surface area (Å²) in [6, 6.07) is 7.82. The van der Waals surface area contributed by atoms with Crippen molar-refractivity contribution in [3.63, 3.8) is 0 Å². The van der Waals surface area contributed by atoms with Crippen LogP contribution < -0.4 is 5.32 Å². The summed E-state index contributed by atoms with van der Waals surface area (Å²) in [6.07, 6.45) is 1.79. The van der Waals surface area contributed by atoms with Gasteiger partial charge in [0.15, 0.2) is 0 Å². The van der Waals surface area contributed by atoms with Crippen LogP contribution in [-0.2, 0) is 4.79 Å². The number of benzene rings is 1. The first-order valence-electron chi connectivity index (χ1n) is 6.80. The van der Waals surface area contributed by atoms with Gasteiger partial charge in [-0.1, -0.05) is 13.8 Å². The number of carboxylic acid groups (broad SMARTS) is 1. The first-order valence-corrected chi connectivity index (χ1v) is 6.80. The molecule has 1 rings (SSSR count). The molecule has 0 heterocycles. The first-order chi connectivity index (χ1) is 9.34. The molecule has 0 bridgehead atoms. The van der Waals surface area contributed by atoms with E-state index in [0.29, 0.717) is 12.0 Å². The lowest BCUT2D eigenvalue weighted by Crippen LogP contribution is -2.18. The number of aliphatic carboxylic acids is 1. The third-order valence-electron chi connectivity index (χ3n) is 3.49. The van der Waals surface area contributed by atoms with Gasteiger partial charge in [0, 0.05) is 18.7 Å². The van der Waals surface area contributed by atoms with Crippen molar-refractivity contribution in [2.45, 2.75) is 40.0 Å². The standard InChI is InChI=1S/C16H22N2O2/c1-12-10-14(5-4-13(12)11-17)18-9-8-16(2,3)7-6-15(19)20/h4-5,10,18H,6-9H2,1-3H3,(H,19,20). The molecule has 0 aliphatic carbocycles. The number of nitrogens with one attached hydrogen (secondary N) is 1. The molecule has 20 heavy (non-hydrogen) atoms. The van der Waals surface area contributed by atoms with Crippen molar-refractivity contribution < 1.29 is 9.90 Å². The Balaban J connectivity index is 2.46. The number of nitriles is 1. The summed E-state index contributed by atoms with van der Waals surface area (Å²) in [6.45, 7) is 6.88. The maximum Gasteiger partial charge on any atom is 0.303 e. The van der Waals surface area contributed by atoms with Crippen molar-refractivity contribution in [3.05, 3.63) is 29.3 Å². The Hall–Kier alpha value is -2.02. The molecular formula is C16H22N2O2. The average molecular weight is 274 g/mol. The number of anilines is 1. The molecule has 2 N–H and O–H groups in total. The zero-order valence-corrected chi connectivity index (χ0v) is 12.4. The fourth-order valence-corrected chi connectivity index (χ4v) is 2.01. The van der Waals surface area contributed by atoms with Crippen molar-refractivity contribution in [3.8, 4) is 6.07 Å². The van der Waals surface area contributed by atoms with E-state index in [2.05, 4.69) is 25.2 Å². The number of rotatable bonds is 7. The molecule has 0 aromatic heterocycles. The summed E-state index contributed by atoms with van der Waals surface area (Å²) in [5, 5.41) is 20.9. The number of carbonyl (C=O) groups is 1. The summed E-state index contributed by atoms with van der Waals surface area (Å²) >= 11 is 0. The van der Waals surface area contributed by atoms with Crippen molar-refractivity contribution >= 4 is 11.7 Å². The van der Waals surface area contributed by atoms with Gasteiger partial charge in [-0.05, 0) is 48.9 Å². The Morgan fingerprint density at radius 1 is 1.40 bits per heavy atom. The summed E-state index contributed by atoms with van der Waals surface area (Å²) in [5.74, 6) is -0.742. The lowest BCUT2D eigenvalue weighted by atomic mass is 9.84. The van der Waals surface area contributed by atoms with E-state index in [-0.39, 0.29) is 11.8 Å². The van der Waals surface area contributed by atoms with Gasteiger partial charge in [0.2, 0.25) is 0 Å². The van der Waals surface area contributed by atoms with E-state index in [4.69, 9.17) is 10.4 Å². The van der Waals surface area contributed by atoms with Gasteiger partial charge in [-0.25, -0.2) is 0 Å². The van der Waals surface area contributed by atoms with Crippen LogP contribution in [0.25, 0.3) is 0 Å². The Bertz CT molecular complexity index is 516. The quantitative estimate of drug-likeness (QED) is 0.797. The predicted molar refractivity (Wildman–Crippen MR) is 79.7 cm³/mol. The van der Waals surface area contributed by atoms with Crippen molar-refractivity contribution in [2.75, 3.05) is 11.9 Å². The van der Waals surface area contributed by atoms with E-state index in [0.717, 1.165) is 24.2 Å². The van der Waals surface area contributed by atoms with Gasteiger partial charge in [0.05, 0.1) is 11.6 Å². The highest BCUT2D eigenvalue weighted by Gasteiger charge is 2.18. The van der Waals surface area contributed by atoms with Gasteiger partial charge >= 0.3 is 5.97 Å². The van der Waals surface area contributed by atoms with Crippen LogP contribution in [0.5, 0.6) is 0 Å². The van der Waals surface area contributed by atoms with E-state index < -0.39 is 5.97 Å². The predicted octanol–water partition coefficient (Wildman–Crippen LogP) is 3.56. The molecular weight excluding hydrogens is 252 g/mol. The molecule has 0 amide bonds. The van der Waals surface area contributed by atoms with E-state index in [9.17, 15) is 4.79 Å². The van der Waals surface area contributed by atoms with Gasteiger partial charge in [-0.15, -0.1) is 0 Å². The van der Waals surface area contributed by atoms with E-state index >= 15 is 0 Å². The molecule has 0 unspecified atom stereocenters. The molecule has 0 fully saturated rings. The molecule has 0 saturated carbocycles. The zero-order chi connectivity index (χ0) is 15.2. The second-order valence-corrected chi connectivity index (χ2v) is 5.88. The topological polar surface area (TPSA) is 73.1 Å². The summed E-state index contributed by atoms with van der Waals surface area (Å²) in [7, 11) is 0. The summed E-state index contributed by atoms with van der Waals surface area (Å²) < 4.78 is 0. The highest BCUT2D eigenvalue weighted by Crippen LogP contribution is 2.26. The Morgan fingerprint density at radius 2 is 2.10 bits per heavy atom. The van der Waals surface area contributed by atoms with Crippen molar-refractivity contribution in [1.82, 2.24) is 0 Å². The minimum Gasteiger partial charge on any atom is -0.481 e. The minimum atomic E-state index is -0.742. The number of hydrogen-bond acceptors (Lipinski definition) is 3. The Labute approximate surface area is 120 Å². The molecule has 108 valence electrons. The van der Waals surface area contributed by atoms with Gasteiger partial charge in [-0.3, -0.25) is 4.79 Å². The van der Waals surface area contributed by atoms with Crippen LogP contribution >= 0.6 is 0 Å². The lowest BCUT2D eigenvalue weighted by Gasteiger charge is -2.24. The number of hydrogen-bond donors (Lipinski definition) is 2. The van der Waals surface area contributed by atoms with Crippen LogP contribution in [0.3, 0.4) is 0 Å². The van der Waals surface area contributed by atoms with Gasteiger partial charge in [0.1, 0.15) is 0 Å². The van der Waals surface area contributed by atoms with E-state index in [1.165, 1.54) is 0 Å². The first kappa shape index (κ1) is 16.0. The van der Waals surface area contributed by atoms with Crippen LogP contribution in [0.4, 0.5) is 5.69 Å². The minimum absolute atomic E-state index is 0.00697. The van der Waals surface area contributed by atoms with Gasteiger partial charge in [0.25, 0.3) is 0 Å². The Morgan fingerprint density at radius 3 is 2.65 bits per heavy atom. The second kappa shape index (κ2) is 6.95. The zero-order valence-electron chi connectivity index (χ0n) is 12.4. The Kier molecular flexibility index (Phi) is 5.57. The molecule has 1 aromatic carbocycles. The third kappa shape index (κ3) is 5.31. The molecule has 0 radical (unpaired) electrons. The van der Waals surface area contributed by atoms with Crippen LogP contribution in [0, 0.1) is 23.7 Å². The van der Waals surface area contributed by atoms with Crippen LogP contribution in [0.2, 0.25) is 0 Å². The van der Waals surface area contributed by atoms with Gasteiger partial charge < -0.3 is 10.4 Å². The third-order valence-corrected chi connectivity index (χ3v) is 3.49. The van der Waals surface area contributed by atoms with Crippen molar-refractivity contribution in [2.24, 2.45) is 5.41 Å². The fraction of sp³-hybridized carbons (Fsp3) is 0.500. The molecule has 1 aromatic rings. The van der Waals surface area contributed by atoms with E-state index in [1.54, 1.807) is 0 Å². The molecule has 0 spiro atoms. The largest absolute Gasteiger partial charge is 0.481 e. The van der Waals surface area contributed by atoms with Crippen LogP contribution in [0.15, 0.2) is 18.2 Å². The monoisotopic (exact) mass is 274 g/mol. The number of nitrogens with zero attached hydrogens (tertiary/aromatic N) is 1. The average Bonchev–Trinajstić information content (AvgIpc) is 2.37.